The number of nitrogens with zero attached hydrogens (tertiary/aromatic N) is 4. The molecular weight excluding hydrogens is 652 g/mol. The van der Waals surface area contributed by atoms with Crippen LogP contribution in [0.1, 0.15) is 104 Å². The highest BCUT2D eigenvalue weighted by molar-refractivity contribution is 5.94. The van der Waals surface area contributed by atoms with Crippen LogP contribution in [0.3, 0.4) is 0 Å². The van der Waals surface area contributed by atoms with Crippen molar-refractivity contribution in [3.63, 3.8) is 0 Å². The van der Waals surface area contributed by atoms with Gasteiger partial charge in [0.1, 0.15) is 11.5 Å². The predicted molar refractivity (Wildman–Crippen MR) is 209 cm³/mol. The molecule has 0 unspecified atom stereocenters. The molecule has 0 saturated heterocycles. The van der Waals surface area contributed by atoms with Crippen LogP contribution in [-0.2, 0) is 14.3 Å². The summed E-state index contributed by atoms with van der Waals surface area (Å²) in [5, 5.41) is 17.4. The summed E-state index contributed by atoms with van der Waals surface area (Å²) >= 11 is 0. The Morgan fingerprint density at radius 3 is 1.15 bits per heavy atom. The van der Waals surface area contributed by atoms with Gasteiger partial charge in [-0.2, -0.15) is 20.5 Å². The van der Waals surface area contributed by atoms with Crippen molar-refractivity contribution in [1.29, 1.82) is 0 Å². The van der Waals surface area contributed by atoms with Gasteiger partial charge in [0.25, 0.3) is 0 Å². The fourth-order valence-corrected chi connectivity index (χ4v) is 5.10. The van der Waals surface area contributed by atoms with Gasteiger partial charge in [-0.25, -0.2) is 4.79 Å². The van der Waals surface area contributed by atoms with E-state index in [2.05, 4.69) is 33.6 Å². The summed E-state index contributed by atoms with van der Waals surface area (Å²) in [5.41, 5.74) is 4.05. The Morgan fingerprint density at radius 2 is 0.788 bits per heavy atom. The normalized spacial score (nSPS) is 11.2. The first-order chi connectivity index (χ1) is 25.3. The number of unbranched alkanes of at least 4 members (excludes halogenated alkanes) is 11. The van der Waals surface area contributed by atoms with Gasteiger partial charge in [-0.3, -0.25) is 4.79 Å². The molecule has 0 aliphatic heterocycles. The minimum absolute atomic E-state index is 0.190. The van der Waals surface area contributed by atoms with Crippen molar-refractivity contribution in [3.05, 3.63) is 97.1 Å². The van der Waals surface area contributed by atoms with Gasteiger partial charge in [-0.15, -0.1) is 0 Å². The van der Waals surface area contributed by atoms with Crippen LogP contribution in [0, 0.1) is 0 Å². The number of rotatable bonds is 27. The van der Waals surface area contributed by atoms with Gasteiger partial charge in [-0.1, -0.05) is 70.9 Å². The number of Topliss-reactive ketones (excluding diaryl/α,β-unsaturated/α-hetero) is 1. The van der Waals surface area contributed by atoms with Gasteiger partial charge in [-0.05, 0) is 118 Å². The summed E-state index contributed by atoms with van der Waals surface area (Å²) in [4.78, 5) is 22.9. The zero-order valence-corrected chi connectivity index (χ0v) is 31.2. The number of hydrogen-bond acceptors (Lipinski definition) is 9. The molecule has 3 aromatic rings. The van der Waals surface area contributed by atoms with Crippen molar-refractivity contribution >= 4 is 34.5 Å². The zero-order valence-electron chi connectivity index (χ0n) is 31.2. The summed E-state index contributed by atoms with van der Waals surface area (Å²) in [6, 6.07) is 22.7. The monoisotopic (exact) mass is 708 g/mol. The Hall–Kier alpha value is -4.92. The first-order valence-corrected chi connectivity index (χ1v) is 18.7. The molecule has 3 rings (SSSR count). The third-order valence-electron chi connectivity index (χ3n) is 8.27. The molecule has 9 heteroatoms. The summed E-state index contributed by atoms with van der Waals surface area (Å²) < 4.78 is 16.9. The van der Waals surface area contributed by atoms with Crippen LogP contribution in [0.4, 0.5) is 22.7 Å². The van der Waals surface area contributed by atoms with Crippen LogP contribution < -0.4 is 9.47 Å². The molecule has 0 heterocycles. The number of esters is 1. The number of allylic oxidation sites excluding steroid dienone is 1. The maximum atomic E-state index is 11.6. The SMILES string of the molecule is C=C(C)C(=O)CCCCCCCCCOc1ccc(N=Nc2ccc(N=Nc3ccc(OCCCCCCCCOC(=O)C(=C)C)cc3)cc2)cc1. The zero-order chi connectivity index (χ0) is 37.2. The van der Waals surface area contributed by atoms with Gasteiger partial charge in [0, 0.05) is 12.0 Å². The van der Waals surface area contributed by atoms with Gasteiger partial charge in [0.05, 0.1) is 42.6 Å². The van der Waals surface area contributed by atoms with Crippen LogP contribution >= 0.6 is 0 Å². The lowest BCUT2D eigenvalue weighted by atomic mass is 10.0. The third-order valence-corrected chi connectivity index (χ3v) is 8.27. The number of carbonyl (C=O) groups excluding carboxylic acids is 2. The molecule has 0 spiro atoms. The smallest absolute Gasteiger partial charge is 0.333 e. The molecule has 0 bridgehead atoms. The first kappa shape index (κ1) is 41.5. The second-order valence-electron chi connectivity index (χ2n) is 13.1. The maximum absolute atomic E-state index is 11.6. The number of ketones is 1. The number of azo groups is 2. The molecule has 0 amide bonds. The van der Waals surface area contributed by atoms with E-state index >= 15 is 0 Å². The minimum Gasteiger partial charge on any atom is -0.494 e. The molecule has 3 aromatic carbocycles. The lowest BCUT2D eigenvalue weighted by Gasteiger charge is -2.06. The molecule has 0 N–H and O–H groups in total. The van der Waals surface area contributed by atoms with Crippen LogP contribution in [0.25, 0.3) is 0 Å². The lowest BCUT2D eigenvalue weighted by molar-refractivity contribution is -0.139. The van der Waals surface area contributed by atoms with E-state index in [-0.39, 0.29) is 11.8 Å². The Morgan fingerprint density at radius 1 is 0.462 bits per heavy atom. The molecule has 0 aliphatic carbocycles. The van der Waals surface area contributed by atoms with Crippen LogP contribution in [0.5, 0.6) is 11.5 Å². The van der Waals surface area contributed by atoms with Crippen LogP contribution in [0.2, 0.25) is 0 Å². The summed E-state index contributed by atoms with van der Waals surface area (Å²) in [6.07, 6.45) is 14.7. The summed E-state index contributed by atoms with van der Waals surface area (Å²) in [7, 11) is 0. The van der Waals surface area contributed by atoms with E-state index in [9.17, 15) is 9.59 Å². The molecule has 9 nitrogen and oxygen atoms in total. The second-order valence-corrected chi connectivity index (χ2v) is 13.1. The molecule has 0 aromatic heterocycles. The molecule has 278 valence electrons. The van der Waals surface area contributed by atoms with Gasteiger partial charge < -0.3 is 14.2 Å². The Balaban J connectivity index is 1.24. The molecular formula is C43H56N4O5. The fourth-order valence-electron chi connectivity index (χ4n) is 5.10. The summed E-state index contributed by atoms with van der Waals surface area (Å²) in [6.45, 7) is 12.6. The largest absolute Gasteiger partial charge is 0.494 e. The highest BCUT2D eigenvalue weighted by Crippen LogP contribution is 2.26. The second kappa shape index (κ2) is 25.1. The number of benzene rings is 3. The van der Waals surface area contributed by atoms with Crippen molar-refractivity contribution < 1.29 is 23.8 Å². The average Bonchev–Trinajstić information content (AvgIpc) is 3.15. The van der Waals surface area contributed by atoms with Crippen molar-refractivity contribution in [2.75, 3.05) is 19.8 Å². The third kappa shape index (κ3) is 18.4. The van der Waals surface area contributed by atoms with E-state index in [1.165, 1.54) is 19.3 Å². The number of ether oxygens (including phenoxy) is 3. The van der Waals surface area contributed by atoms with E-state index in [0.717, 1.165) is 98.5 Å². The van der Waals surface area contributed by atoms with Gasteiger partial charge in [0.2, 0.25) is 0 Å². The Kier molecular flexibility index (Phi) is 20.0. The molecule has 52 heavy (non-hydrogen) atoms. The highest BCUT2D eigenvalue weighted by atomic mass is 16.5. The molecule has 0 saturated carbocycles. The molecule has 0 atom stereocenters. The summed E-state index contributed by atoms with van der Waals surface area (Å²) in [5.74, 6) is 1.52. The average molecular weight is 709 g/mol. The fraction of sp³-hybridized carbons (Fsp3) is 0.442. The van der Waals surface area contributed by atoms with E-state index in [1.807, 2.05) is 72.8 Å². The van der Waals surface area contributed by atoms with E-state index in [4.69, 9.17) is 14.2 Å². The standard InChI is InChI=1S/C43H56N4O5/c1-34(2)42(48)18-14-10-6-5-7-11-15-31-50-40-27-23-38(24-28-40)46-44-36-19-21-37(22-20-36)45-47-39-25-29-41(30-26-39)51-32-16-12-8-9-13-17-33-52-43(49)35(3)4/h19-30H,1,3,5-18,31-33H2,2,4H3. The highest BCUT2D eigenvalue weighted by Gasteiger charge is 2.03. The molecule has 0 aliphatic rings. The Labute approximate surface area is 310 Å². The van der Waals surface area contributed by atoms with E-state index in [1.54, 1.807) is 13.8 Å². The van der Waals surface area contributed by atoms with E-state index in [0.29, 0.717) is 37.4 Å². The van der Waals surface area contributed by atoms with Gasteiger partial charge >= 0.3 is 5.97 Å². The van der Waals surface area contributed by atoms with Crippen LogP contribution in [-0.4, -0.2) is 31.6 Å². The molecule has 0 radical (unpaired) electrons. The lowest BCUT2D eigenvalue weighted by Crippen LogP contribution is -2.06. The predicted octanol–water partition coefficient (Wildman–Crippen LogP) is 13.0. The van der Waals surface area contributed by atoms with Crippen molar-refractivity contribution in [2.24, 2.45) is 20.5 Å². The Bertz CT molecular complexity index is 1450. The van der Waals surface area contributed by atoms with Gasteiger partial charge in [0.15, 0.2) is 5.78 Å². The topological polar surface area (TPSA) is 111 Å². The van der Waals surface area contributed by atoms with E-state index < -0.39 is 0 Å². The van der Waals surface area contributed by atoms with Crippen molar-refractivity contribution in [2.45, 2.75) is 104 Å². The number of hydrogen-bond donors (Lipinski definition) is 0. The van der Waals surface area contributed by atoms with Crippen molar-refractivity contribution in [3.8, 4) is 11.5 Å². The number of carbonyl (C=O) groups is 2. The molecule has 0 fully saturated rings. The first-order valence-electron chi connectivity index (χ1n) is 18.7. The minimum atomic E-state index is -0.309. The quantitative estimate of drug-likeness (QED) is 0.0339. The maximum Gasteiger partial charge on any atom is 0.333 e. The van der Waals surface area contributed by atoms with Crippen LogP contribution in [0.15, 0.2) is 118 Å². The van der Waals surface area contributed by atoms with Crippen molar-refractivity contribution in [1.82, 2.24) is 0 Å².